The van der Waals surface area contributed by atoms with Crippen LogP contribution in [0.3, 0.4) is 0 Å². The van der Waals surface area contributed by atoms with Crippen molar-refractivity contribution in [1.82, 2.24) is 20.4 Å². The number of benzene rings is 2. The molecule has 0 radical (unpaired) electrons. The van der Waals surface area contributed by atoms with Crippen molar-refractivity contribution in [2.75, 3.05) is 0 Å². The highest BCUT2D eigenvalue weighted by Crippen LogP contribution is 2.22. The molecule has 29 heavy (non-hydrogen) atoms. The molecule has 146 valence electrons. The quantitative estimate of drug-likeness (QED) is 0.486. The van der Waals surface area contributed by atoms with Crippen LogP contribution in [0.1, 0.15) is 16.5 Å². The maximum atomic E-state index is 12.2. The van der Waals surface area contributed by atoms with Gasteiger partial charge in [0, 0.05) is 21.5 Å². The van der Waals surface area contributed by atoms with Crippen LogP contribution in [0.5, 0.6) is 0 Å². The Morgan fingerprint density at radius 3 is 2.48 bits per heavy atom. The molecule has 0 atom stereocenters. The van der Waals surface area contributed by atoms with Crippen LogP contribution in [-0.2, 0) is 17.8 Å². The lowest BCUT2D eigenvalue weighted by Gasteiger charge is -2.04. The molecular weight excluding hydrogens is 408 g/mol. The zero-order valence-corrected chi connectivity index (χ0v) is 17.1. The van der Waals surface area contributed by atoms with E-state index in [1.165, 1.54) is 0 Å². The van der Waals surface area contributed by atoms with Crippen LogP contribution in [-0.4, -0.2) is 21.0 Å². The summed E-state index contributed by atoms with van der Waals surface area (Å²) in [4.78, 5) is 21.0. The molecule has 0 aliphatic carbocycles. The van der Waals surface area contributed by atoms with Gasteiger partial charge in [-0.1, -0.05) is 41.0 Å². The molecule has 0 unspecified atom stereocenters. The molecule has 0 bridgehead atoms. The maximum Gasteiger partial charge on any atom is 0.246 e. The molecular formula is C21H17ClN4O2S. The van der Waals surface area contributed by atoms with Crippen molar-refractivity contribution in [3.05, 3.63) is 75.4 Å². The Labute approximate surface area is 176 Å². The highest BCUT2D eigenvalue weighted by molar-refractivity contribution is 7.09. The van der Waals surface area contributed by atoms with E-state index < -0.39 is 0 Å². The molecule has 0 spiro atoms. The number of thiazole rings is 1. The van der Waals surface area contributed by atoms with Crippen LogP contribution in [0.2, 0.25) is 5.02 Å². The van der Waals surface area contributed by atoms with E-state index in [1.807, 2.05) is 48.7 Å². The molecule has 1 amide bonds. The number of aryl methyl sites for hydroxylation is 1. The van der Waals surface area contributed by atoms with Crippen molar-refractivity contribution in [3.63, 3.8) is 0 Å². The van der Waals surface area contributed by atoms with E-state index in [2.05, 4.69) is 20.4 Å². The van der Waals surface area contributed by atoms with Crippen molar-refractivity contribution in [1.29, 1.82) is 0 Å². The third kappa shape index (κ3) is 4.88. The molecule has 0 aliphatic rings. The van der Waals surface area contributed by atoms with E-state index in [1.54, 1.807) is 23.5 Å². The summed E-state index contributed by atoms with van der Waals surface area (Å²) >= 11 is 7.50. The largest absolute Gasteiger partial charge is 0.347 e. The first kappa shape index (κ1) is 19.3. The molecule has 0 fully saturated rings. The summed E-state index contributed by atoms with van der Waals surface area (Å²) in [7, 11) is 0. The van der Waals surface area contributed by atoms with Gasteiger partial charge in [-0.3, -0.25) is 4.79 Å². The molecule has 4 aromatic rings. The summed E-state index contributed by atoms with van der Waals surface area (Å²) in [5, 5.41) is 10.4. The average Bonchev–Trinajstić information content (AvgIpc) is 3.37. The minimum atomic E-state index is -0.117. The second-order valence-corrected chi connectivity index (χ2v) is 7.92. The third-order valence-corrected chi connectivity index (χ3v) is 5.27. The first-order valence-electron chi connectivity index (χ1n) is 8.93. The highest BCUT2D eigenvalue weighted by atomic mass is 35.5. The Morgan fingerprint density at radius 2 is 1.79 bits per heavy atom. The van der Waals surface area contributed by atoms with Gasteiger partial charge < -0.3 is 9.84 Å². The van der Waals surface area contributed by atoms with E-state index in [4.69, 9.17) is 16.1 Å². The zero-order valence-electron chi connectivity index (χ0n) is 15.6. The number of nitrogens with one attached hydrogen (secondary N) is 1. The van der Waals surface area contributed by atoms with E-state index >= 15 is 0 Å². The summed E-state index contributed by atoms with van der Waals surface area (Å²) < 4.78 is 5.20. The fourth-order valence-corrected chi connectivity index (χ4v) is 3.50. The highest BCUT2D eigenvalue weighted by Gasteiger charge is 2.11. The molecule has 8 heteroatoms. The Kier molecular flexibility index (Phi) is 5.69. The molecule has 4 rings (SSSR count). The van der Waals surface area contributed by atoms with Crippen molar-refractivity contribution in [3.8, 4) is 22.6 Å². The standard InChI is InChI=1S/C21H17ClN4O2S/c1-13-24-18(12-29-13)15-4-2-14(3-5-15)10-19(27)23-11-20-25-21(26-28-20)16-6-8-17(22)9-7-16/h2-9,12H,10-11H2,1H3,(H,23,27). The van der Waals surface area contributed by atoms with E-state index in [-0.39, 0.29) is 18.9 Å². The van der Waals surface area contributed by atoms with Crippen LogP contribution in [0.4, 0.5) is 0 Å². The summed E-state index contributed by atoms with van der Waals surface area (Å²) in [5.41, 5.74) is 3.71. The van der Waals surface area contributed by atoms with Gasteiger partial charge >= 0.3 is 0 Å². The minimum Gasteiger partial charge on any atom is -0.347 e. The summed E-state index contributed by atoms with van der Waals surface area (Å²) in [6, 6.07) is 15.0. The third-order valence-electron chi connectivity index (χ3n) is 4.24. The topological polar surface area (TPSA) is 80.9 Å². The second kappa shape index (κ2) is 8.55. The number of rotatable bonds is 6. The number of hydrogen-bond acceptors (Lipinski definition) is 6. The second-order valence-electron chi connectivity index (χ2n) is 6.42. The van der Waals surface area contributed by atoms with Crippen molar-refractivity contribution < 1.29 is 9.32 Å². The molecule has 2 heterocycles. The van der Waals surface area contributed by atoms with Gasteiger partial charge in [-0.25, -0.2) is 4.98 Å². The van der Waals surface area contributed by atoms with Crippen molar-refractivity contribution in [2.24, 2.45) is 0 Å². The first-order chi connectivity index (χ1) is 14.1. The van der Waals surface area contributed by atoms with Gasteiger partial charge in [0.1, 0.15) is 0 Å². The van der Waals surface area contributed by atoms with Gasteiger partial charge in [-0.2, -0.15) is 4.98 Å². The summed E-state index contributed by atoms with van der Waals surface area (Å²) in [6.07, 6.45) is 0.272. The molecule has 0 aliphatic heterocycles. The Hall–Kier alpha value is -3.03. The van der Waals surface area contributed by atoms with E-state index in [0.29, 0.717) is 16.7 Å². The number of carbonyl (C=O) groups excluding carboxylic acids is 1. The molecule has 6 nitrogen and oxygen atoms in total. The van der Waals surface area contributed by atoms with Crippen LogP contribution in [0, 0.1) is 6.92 Å². The lowest BCUT2D eigenvalue weighted by Crippen LogP contribution is -2.24. The van der Waals surface area contributed by atoms with Gasteiger partial charge in [0.2, 0.25) is 17.6 Å². The number of nitrogens with zero attached hydrogens (tertiary/aromatic N) is 3. The molecule has 0 saturated heterocycles. The number of amides is 1. The smallest absolute Gasteiger partial charge is 0.246 e. The molecule has 1 N–H and O–H groups in total. The van der Waals surface area contributed by atoms with Crippen LogP contribution in [0.15, 0.2) is 58.4 Å². The maximum absolute atomic E-state index is 12.2. The minimum absolute atomic E-state index is 0.117. The van der Waals surface area contributed by atoms with Crippen molar-refractivity contribution >= 4 is 28.8 Å². The summed E-state index contributed by atoms with van der Waals surface area (Å²) in [6.45, 7) is 2.16. The van der Waals surface area contributed by atoms with Crippen LogP contribution >= 0.6 is 22.9 Å². The summed E-state index contributed by atoms with van der Waals surface area (Å²) in [5.74, 6) is 0.685. The number of halogens is 1. The molecule has 2 aromatic carbocycles. The molecule has 2 aromatic heterocycles. The first-order valence-corrected chi connectivity index (χ1v) is 10.2. The number of carbonyl (C=O) groups is 1. The normalized spacial score (nSPS) is 10.8. The monoisotopic (exact) mass is 424 g/mol. The lowest BCUT2D eigenvalue weighted by molar-refractivity contribution is -0.120. The van der Waals surface area contributed by atoms with Gasteiger partial charge in [-0.05, 0) is 36.8 Å². The average molecular weight is 425 g/mol. The van der Waals surface area contributed by atoms with Crippen LogP contribution < -0.4 is 5.32 Å². The van der Waals surface area contributed by atoms with Gasteiger partial charge in [-0.15, -0.1) is 11.3 Å². The SMILES string of the molecule is Cc1nc(-c2ccc(CC(=O)NCc3nc(-c4ccc(Cl)cc4)no3)cc2)cs1. The zero-order chi connectivity index (χ0) is 20.2. The fraction of sp³-hybridized carbons (Fsp3) is 0.143. The van der Waals surface area contributed by atoms with Gasteiger partial charge in [0.05, 0.1) is 23.7 Å². The Morgan fingerprint density at radius 1 is 1.07 bits per heavy atom. The van der Waals surface area contributed by atoms with E-state index in [0.717, 1.165) is 27.4 Å². The predicted molar refractivity (Wildman–Crippen MR) is 113 cm³/mol. The number of hydrogen-bond donors (Lipinski definition) is 1. The predicted octanol–water partition coefficient (Wildman–Crippen LogP) is 4.68. The molecule has 0 saturated carbocycles. The van der Waals surface area contributed by atoms with Gasteiger partial charge in [0.25, 0.3) is 0 Å². The lowest BCUT2D eigenvalue weighted by atomic mass is 10.1. The number of aromatic nitrogens is 3. The van der Waals surface area contributed by atoms with E-state index in [9.17, 15) is 4.79 Å². The van der Waals surface area contributed by atoms with Crippen LogP contribution in [0.25, 0.3) is 22.6 Å². The fourth-order valence-electron chi connectivity index (χ4n) is 2.75. The Bertz CT molecular complexity index is 1120. The van der Waals surface area contributed by atoms with Gasteiger partial charge in [0.15, 0.2) is 0 Å². The Balaban J connectivity index is 1.31. The van der Waals surface area contributed by atoms with Crippen molar-refractivity contribution in [2.45, 2.75) is 19.9 Å².